The van der Waals surface area contributed by atoms with Gasteiger partial charge in [-0.3, -0.25) is 0 Å². The molecule has 0 aliphatic heterocycles. The van der Waals surface area contributed by atoms with Crippen molar-refractivity contribution < 1.29 is 0 Å². The van der Waals surface area contributed by atoms with E-state index in [9.17, 15) is 0 Å². The summed E-state index contributed by atoms with van der Waals surface area (Å²) in [6.07, 6.45) is 0. The van der Waals surface area contributed by atoms with Crippen LogP contribution in [0.4, 0.5) is 0 Å². The fourth-order valence-electron chi connectivity index (χ4n) is 1.89. The fraction of sp³-hybridized carbons (Fsp3) is 0.250. The summed E-state index contributed by atoms with van der Waals surface area (Å²) in [6, 6.07) is 17.6. The molecule has 0 fully saturated rings. The third-order valence-electron chi connectivity index (χ3n) is 3.04. The van der Waals surface area contributed by atoms with E-state index >= 15 is 0 Å². The Bertz CT molecular complexity index is 522. The quantitative estimate of drug-likeness (QED) is 0.869. The van der Waals surface area contributed by atoms with Crippen LogP contribution in [0.25, 0.3) is 0 Å². The van der Waals surface area contributed by atoms with E-state index in [2.05, 4.69) is 67.7 Å². The molecule has 0 saturated heterocycles. The predicted octanol–water partition coefficient (Wildman–Crippen LogP) is 4.43. The van der Waals surface area contributed by atoms with Crippen LogP contribution in [0.15, 0.2) is 58.3 Å². The Morgan fingerprint density at radius 2 is 1.83 bits per heavy atom. The molecule has 0 saturated carbocycles. The van der Waals surface area contributed by atoms with Crippen molar-refractivity contribution in [3.63, 3.8) is 0 Å². The summed E-state index contributed by atoms with van der Waals surface area (Å²) in [4.78, 5) is 2.62. The second kappa shape index (κ2) is 6.07. The molecule has 0 amide bonds. The van der Waals surface area contributed by atoms with Crippen molar-refractivity contribution >= 4 is 11.8 Å². The molecule has 94 valence electrons. The van der Waals surface area contributed by atoms with Gasteiger partial charge < -0.3 is 5.32 Å². The number of aryl methyl sites for hydroxylation is 1. The molecule has 1 nitrogen and oxygen atoms in total. The zero-order chi connectivity index (χ0) is 13.0. The maximum absolute atomic E-state index is 3.31. The van der Waals surface area contributed by atoms with Gasteiger partial charge in [0.2, 0.25) is 0 Å². The Kier molecular flexibility index (Phi) is 4.45. The number of hydrogen-bond donors (Lipinski definition) is 1. The SMILES string of the molecule is CNC(C)c1ccccc1Sc1cccc(C)c1. The molecule has 2 heteroatoms. The molecule has 0 aliphatic carbocycles. The minimum Gasteiger partial charge on any atom is -0.313 e. The lowest BCUT2D eigenvalue weighted by atomic mass is 10.1. The standard InChI is InChI=1S/C16H19NS/c1-12-7-6-8-14(11-12)18-16-10-5-4-9-15(16)13(2)17-3/h4-11,13,17H,1-3H3. The van der Waals surface area contributed by atoms with E-state index in [0.29, 0.717) is 6.04 Å². The van der Waals surface area contributed by atoms with Crippen molar-refractivity contribution in [3.8, 4) is 0 Å². The van der Waals surface area contributed by atoms with Gasteiger partial charge in [0.25, 0.3) is 0 Å². The van der Waals surface area contributed by atoms with Crippen LogP contribution in [0.2, 0.25) is 0 Å². The molecule has 0 aliphatic rings. The maximum Gasteiger partial charge on any atom is 0.0300 e. The maximum atomic E-state index is 3.31. The van der Waals surface area contributed by atoms with E-state index in [1.807, 2.05) is 18.8 Å². The summed E-state index contributed by atoms with van der Waals surface area (Å²) in [7, 11) is 2.00. The summed E-state index contributed by atoms with van der Waals surface area (Å²) < 4.78 is 0. The average Bonchev–Trinajstić information content (AvgIpc) is 2.38. The highest BCUT2D eigenvalue weighted by molar-refractivity contribution is 7.99. The zero-order valence-electron chi connectivity index (χ0n) is 11.1. The second-order valence-corrected chi connectivity index (χ2v) is 5.58. The van der Waals surface area contributed by atoms with Gasteiger partial charge in [0.05, 0.1) is 0 Å². The molecule has 1 unspecified atom stereocenters. The molecule has 2 aromatic carbocycles. The molecular weight excluding hydrogens is 238 g/mol. The largest absolute Gasteiger partial charge is 0.313 e. The molecule has 0 radical (unpaired) electrons. The van der Waals surface area contributed by atoms with Crippen LogP contribution >= 0.6 is 11.8 Å². The fourth-order valence-corrected chi connectivity index (χ4v) is 3.05. The van der Waals surface area contributed by atoms with Crippen LogP contribution in [0.3, 0.4) is 0 Å². The normalized spacial score (nSPS) is 12.4. The van der Waals surface area contributed by atoms with Crippen molar-refractivity contribution in [1.82, 2.24) is 5.32 Å². The van der Waals surface area contributed by atoms with Gasteiger partial charge in [-0.05, 0) is 44.7 Å². The molecule has 2 aromatic rings. The first-order valence-electron chi connectivity index (χ1n) is 6.21. The number of nitrogens with one attached hydrogen (secondary N) is 1. The van der Waals surface area contributed by atoms with Gasteiger partial charge in [0.1, 0.15) is 0 Å². The van der Waals surface area contributed by atoms with Crippen LogP contribution in [-0.4, -0.2) is 7.05 Å². The second-order valence-electron chi connectivity index (χ2n) is 4.47. The van der Waals surface area contributed by atoms with Crippen LogP contribution in [0.1, 0.15) is 24.1 Å². The van der Waals surface area contributed by atoms with Gasteiger partial charge in [-0.25, -0.2) is 0 Å². The number of hydrogen-bond acceptors (Lipinski definition) is 2. The average molecular weight is 257 g/mol. The van der Waals surface area contributed by atoms with Gasteiger partial charge >= 0.3 is 0 Å². The van der Waals surface area contributed by atoms with Crippen LogP contribution in [0.5, 0.6) is 0 Å². The molecule has 0 aromatic heterocycles. The Labute approximate surface area is 114 Å². The predicted molar refractivity (Wildman–Crippen MR) is 79.2 cm³/mol. The lowest BCUT2D eigenvalue weighted by molar-refractivity contribution is 0.641. The molecule has 18 heavy (non-hydrogen) atoms. The van der Waals surface area contributed by atoms with E-state index < -0.39 is 0 Å². The van der Waals surface area contributed by atoms with Gasteiger partial charge in [-0.1, -0.05) is 47.7 Å². The first kappa shape index (κ1) is 13.2. The molecule has 1 N–H and O–H groups in total. The minimum absolute atomic E-state index is 0.374. The highest BCUT2D eigenvalue weighted by Crippen LogP contribution is 2.33. The first-order chi connectivity index (χ1) is 8.70. The van der Waals surface area contributed by atoms with E-state index in [0.717, 1.165) is 0 Å². The van der Waals surface area contributed by atoms with E-state index in [-0.39, 0.29) is 0 Å². The van der Waals surface area contributed by atoms with Crippen molar-refractivity contribution in [2.24, 2.45) is 0 Å². The minimum atomic E-state index is 0.374. The third kappa shape index (κ3) is 3.15. The van der Waals surface area contributed by atoms with Gasteiger partial charge in [-0.2, -0.15) is 0 Å². The Hall–Kier alpha value is -1.25. The molecule has 0 bridgehead atoms. The monoisotopic (exact) mass is 257 g/mol. The highest BCUT2D eigenvalue weighted by atomic mass is 32.2. The Morgan fingerprint density at radius 3 is 2.56 bits per heavy atom. The summed E-state index contributed by atoms with van der Waals surface area (Å²) in [5.41, 5.74) is 2.66. The van der Waals surface area contributed by atoms with Crippen LogP contribution < -0.4 is 5.32 Å². The summed E-state index contributed by atoms with van der Waals surface area (Å²) >= 11 is 1.83. The summed E-state index contributed by atoms with van der Waals surface area (Å²) in [5.74, 6) is 0. The smallest absolute Gasteiger partial charge is 0.0300 e. The van der Waals surface area contributed by atoms with Crippen LogP contribution in [-0.2, 0) is 0 Å². The Morgan fingerprint density at radius 1 is 1.06 bits per heavy atom. The molecule has 1 atom stereocenters. The van der Waals surface area contributed by atoms with Crippen molar-refractivity contribution in [2.75, 3.05) is 7.05 Å². The number of benzene rings is 2. The molecular formula is C16H19NS. The highest BCUT2D eigenvalue weighted by Gasteiger charge is 2.09. The zero-order valence-corrected chi connectivity index (χ0v) is 11.9. The van der Waals surface area contributed by atoms with Crippen molar-refractivity contribution in [1.29, 1.82) is 0 Å². The molecule has 0 spiro atoms. The Balaban J connectivity index is 2.29. The lowest BCUT2D eigenvalue weighted by Crippen LogP contribution is -2.12. The summed E-state index contributed by atoms with van der Waals surface area (Å²) in [6.45, 7) is 4.32. The van der Waals surface area contributed by atoms with Gasteiger partial charge in [0.15, 0.2) is 0 Å². The van der Waals surface area contributed by atoms with Gasteiger partial charge in [-0.15, -0.1) is 0 Å². The van der Waals surface area contributed by atoms with E-state index in [4.69, 9.17) is 0 Å². The van der Waals surface area contributed by atoms with Crippen LogP contribution in [0, 0.1) is 6.92 Å². The first-order valence-corrected chi connectivity index (χ1v) is 7.03. The van der Waals surface area contributed by atoms with Crippen molar-refractivity contribution in [2.45, 2.75) is 29.7 Å². The van der Waals surface area contributed by atoms with E-state index in [1.165, 1.54) is 20.9 Å². The summed E-state index contributed by atoms with van der Waals surface area (Å²) in [5, 5.41) is 3.31. The van der Waals surface area contributed by atoms with Crippen molar-refractivity contribution in [3.05, 3.63) is 59.7 Å². The number of rotatable bonds is 4. The van der Waals surface area contributed by atoms with E-state index in [1.54, 1.807) is 0 Å². The molecule has 2 rings (SSSR count). The molecule has 0 heterocycles. The third-order valence-corrected chi connectivity index (χ3v) is 4.12. The van der Waals surface area contributed by atoms with Gasteiger partial charge in [0, 0.05) is 15.8 Å². The topological polar surface area (TPSA) is 12.0 Å². The lowest BCUT2D eigenvalue weighted by Gasteiger charge is -2.15.